The fraction of sp³-hybridized carbons (Fsp3) is 0.0909. The summed E-state index contributed by atoms with van der Waals surface area (Å²) in [7, 11) is 0. The first-order valence-electron chi connectivity index (χ1n) is 4.76. The van der Waals surface area contributed by atoms with Crippen LogP contribution in [0.2, 0.25) is 0 Å². The Morgan fingerprint density at radius 2 is 2.18 bits per heavy atom. The summed E-state index contributed by atoms with van der Waals surface area (Å²) in [4.78, 5) is 22.8. The van der Waals surface area contributed by atoms with Crippen molar-refractivity contribution in [2.45, 2.75) is 6.92 Å². The first kappa shape index (κ1) is 11.4. The Balaban J connectivity index is 2.22. The van der Waals surface area contributed by atoms with Crippen molar-refractivity contribution in [2.75, 3.05) is 5.32 Å². The van der Waals surface area contributed by atoms with Gasteiger partial charge in [-0.2, -0.15) is 0 Å². The molecule has 0 aliphatic carbocycles. The van der Waals surface area contributed by atoms with Crippen LogP contribution in [-0.2, 0) is 0 Å². The minimum absolute atomic E-state index is 0.111. The van der Waals surface area contributed by atoms with Crippen LogP contribution in [0.1, 0.15) is 25.8 Å². The highest BCUT2D eigenvalue weighted by molar-refractivity contribution is 7.12. The Labute approximate surface area is 101 Å². The van der Waals surface area contributed by atoms with Crippen molar-refractivity contribution in [2.24, 2.45) is 0 Å². The monoisotopic (exact) mass is 251 g/mol. The van der Waals surface area contributed by atoms with Gasteiger partial charge in [0.15, 0.2) is 0 Å². The Kier molecular flexibility index (Phi) is 2.97. The van der Waals surface area contributed by atoms with E-state index in [4.69, 9.17) is 9.52 Å². The van der Waals surface area contributed by atoms with Crippen LogP contribution in [0.3, 0.4) is 0 Å². The molecule has 2 rings (SSSR count). The third-order valence-corrected chi connectivity index (χ3v) is 3.11. The number of thiophene rings is 1. The van der Waals surface area contributed by atoms with Gasteiger partial charge in [0.05, 0.1) is 17.5 Å². The van der Waals surface area contributed by atoms with Gasteiger partial charge in [-0.1, -0.05) is 0 Å². The van der Waals surface area contributed by atoms with Gasteiger partial charge in [-0.25, -0.2) is 4.79 Å². The minimum atomic E-state index is -1.06. The number of carboxylic acid groups (broad SMARTS) is 1. The summed E-state index contributed by atoms with van der Waals surface area (Å²) < 4.78 is 5.01. The smallest absolute Gasteiger partial charge is 0.348 e. The molecule has 17 heavy (non-hydrogen) atoms. The van der Waals surface area contributed by atoms with Gasteiger partial charge >= 0.3 is 5.97 Å². The van der Waals surface area contributed by atoms with Crippen LogP contribution in [-0.4, -0.2) is 17.0 Å². The molecule has 1 amide bonds. The number of carbonyl (C=O) groups excluding carboxylic acids is 1. The van der Waals surface area contributed by atoms with Crippen LogP contribution >= 0.6 is 11.3 Å². The molecule has 2 aromatic heterocycles. The predicted molar refractivity (Wildman–Crippen MR) is 62.7 cm³/mol. The van der Waals surface area contributed by atoms with Crippen molar-refractivity contribution in [1.29, 1.82) is 0 Å². The number of amides is 1. The highest BCUT2D eigenvalue weighted by Crippen LogP contribution is 2.23. The van der Waals surface area contributed by atoms with Crippen LogP contribution in [0.15, 0.2) is 28.2 Å². The first-order chi connectivity index (χ1) is 8.09. The maximum atomic E-state index is 11.8. The van der Waals surface area contributed by atoms with E-state index in [-0.39, 0.29) is 10.8 Å². The van der Waals surface area contributed by atoms with Gasteiger partial charge in [-0.05, 0) is 24.4 Å². The second-order valence-corrected chi connectivity index (χ2v) is 4.23. The molecule has 0 fully saturated rings. The number of furan rings is 1. The lowest BCUT2D eigenvalue weighted by atomic mass is 10.2. The van der Waals surface area contributed by atoms with E-state index in [1.54, 1.807) is 18.4 Å². The highest BCUT2D eigenvalue weighted by Gasteiger charge is 2.16. The molecule has 0 saturated heterocycles. The zero-order valence-corrected chi connectivity index (χ0v) is 9.71. The topological polar surface area (TPSA) is 79.5 Å². The molecule has 0 saturated carbocycles. The lowest BCUT2D eigenvalue weighted by Gasteiger charge is -2.03. The molecule has 2 heterocycles. The Bertz CT molecular complexity index is 570. The number of carboxylic acids is 1. The number of hydrogen-bond acceptors (Lipinski definition) is 4. The summed E-state index contributed by atoms with van der Waals surface area (Å²) in [6.07, 6.45) is 1.41. The molecular weight excluding hydrogens is 242 g/mol. The van der Waals surface area contributed by atoms with E-state index >= 15 is 0 Å². The molecular formula is C11H9NO4S. The lowest BCUT2D eigenvalue weighted by Crippen LogP contribution is -2.13. The second kappa shape index (κ2) is 4.42. The Morgan fingerprint density at radius 3 is 2.76 bits per heavy atom. The van der Waals surface area contributed by atoms with Crippen molar-refractivity contribution in [1.82, 2.24) is 0 Å². The number of carbonyl (C=O) groups is 2. The minimum Gasteiger partial charge on any atom is -0.477 e. The molecule has 0 bridgehead atoms. The van der Waals surface area contributed by atoms with Gasteiger partial charge in [-0.15, -0.1) is 11.3 Å². The summed E-state index contributed by atoms with van der Waals surface area (Å²) >= 11 is 1.06. The lowest BCUT2D eigenvalue weighted by molar-refractivity contribution is 0.0703. The summed E-state index contributed by atoms with van der Waals surface area (Å²) in [6.45, 7) is 1.67. The van der Waals surface area contributed by atoms with E-state index in [1.165, 1.54) is 12.3 Å². The Hall–Kier alpha value is -2.08. The molecule has 0 radical (unpaired) electrons. The third-order valence-electron chi connectivity index (χ3n) is 2.21. The molecule has 88 valence electrons. The molecule has 6 heteroatoms. The molecule has 2 aromatic rings. The van der Waals surface area contributed by atoms with Gasteiger partial charge in [0, 0.05) is 0 Å². The van der Waals surface area contributed by atoms with E-state index < -0.39 is 5.97 Å². The molecule has 0 aromatic carbocycles. The van der Waals surface area contributed by atoms with Gasteiger partial charge in [0.2, 0.25) is 0 Å². The summed E-state index contributed by atoms with van der Waals surface area (Å²) in [5.41, 5.74) is 0.695. The average Bonchev–Trinajstić information content (AvgIpc) is 2.86. The van der Waals surface area contributed by atoms with E-state index in [0.29, 0.717) is 17.0 Å². The number of hydrogen-bond donors (Lipinski definition) is 2. The van der Waals surface area contributed by atoms with E-state index in [2.05, 4.69) is 5.32 Å². The van der Waals surface area contributed by atoms with E-state index in [1.807, 2.05) is 0 Å². The van der Waals surface area contributed by atoms with Gasteiger partial charge in [-0.3, -0.25) is 4.79 Å². The van der Waals surface area contributed by atoms with Crippen molar-refractivity contribution in [3.8, 4) is 0 Å². The van der Waals surface area contributed by atoms with Gasteiger partial charge in [0.1, 0.15) is 10.6 Å². The second-order valence-electron chi connectivity index (χ2n) is 3.31. The average molecular weight is 251 g/mol. The number of aryl methyl sites for hydroxylation is 1. The van der Waals surface area contributed by atoms with E-state index in [9.17, 15) is 9.59 Å². The highest BCUT2D eigenvalue weighted by atomic mass is 32.1. The molecule has 0 aliphatic heterocycles. The first-order valence-corrected chi connectivity index (χ1v) is 5.64. The van der Waals surface area contributed by atoms with Gasteiger partial charge in [0.25, 0.3) is 5.91 Å². The zero-order valence-electron chi connectivity index (χ0n) is 8.89. The summed E-state index contributed by atoms with van der Waals surface area (Å²) in [5.74, 6) is -0.939. The standard InChI is InChI=1S/C11H9NO4S/c1-6-7(2-4-16-6)10(13)12-8-3-5-17-9(8)11(14)15/h2-5H,1H3,(H,12,13)(H,14,15). The molecule has 5 nitrogen and oxygen atoms in total. The van der Waals surface area contributed by atoms with Crippen LogP contribution in [0, 0.1) is 6.92 Å². The molecule has 2 N–H and O–H groups in total. The van der Waals surface area contributed by atoms with Crippen molar-refractivity contribution in [3.05, 3.63) is 40.0 Å². The number of aromatic carboxylic acids is 1. The third kappa shape index (κ3) is 2.21. The predicted octanol–water partition coefficient (Wildman–Crippen LogP) is 2.60. The van der Waals surface area contributed by atoms with Crippen molar-refractivity contribution >= 4 is 28.9 Å². The van der Waals surface area contributed by atoms with Crippen LogP contribution in [0.25, 0.3) is 0 Å². The fourth-order valence-electron chi connectivity index (χ4n) is 1.38. The maximum Gasteiger partial charge on any atom is 0.348 e. The molecule has 0 unspecified atom stereocenters. The number of nitrogens with one attached hydrogen (secondary N) is 1. The zero-order chi connectivity index (χ0) is 12.4. The van der Waals surface area contributed by atoms with Gasteiger partial charge < -0.3 is 14.8 Å². The maximum absolute atomic E-state index is 11.8. The molecule has 0 spiro atoms. The summed E-state index contributed by atoms with van der Waals surface area (Å²) in [5, 5.41) is 13.1. The van der Waals surface area contributed by atoms with E-state index in [0.717, 1.165) is 11.3 Å². The normalized spacial score (nSPS) is 10.2. The van der Waals surface area contributed by atoms with Crippen LogP contribution < -0.4 is 5.32 Å². The van der Waals surface area contributed by atoms with Crippen LogP contribution in [0.4, 0.5) is 5.69 Å². The fourth-order valence-corrected chi connectivity index (χ4v) is 2.07. The van der Waals surface area contributed by atoms with Crippen molar-refractivity contribution in [3.63, 3.8) is 0 Å². The number of anilines is 1. The number of rotatable bonds is 3. The summed E-state index contributed by atoms with van der Waals surface area (Å²) in [6, 6.07) is 3.10. The van der Waals surface area contributed by atoms with Crippen molar-refractivity contribution < 1.29 is 19.1 Å². The largest absolute Gasteiger partial charge is 0.477 e. The quantitative estimate of drug-likeness (QED) is 0.878. The Morgan fingerprint density at radius 1 is 1.41 bits per heavy atom. The molecule has 0 aliphatic rings. The molecule has 0 atom stereocenters. The SMILES string of the molecule is Cc1occc1C(=O)Nc1ccsc1C(=O)O. The van der Waals surface area contributed by atoms with Crippen LogP contribution in [0.5, 0.6) is 0 Å².